The quantitative estimate of drug-likeness (QED) is 0.801. The largest absolute Gasteiger partial charge is 0.480 e. The molecule has 3 rings (SSSR count). The van der Waals surface area contributed by atoms with Gasteiger partial charge in [0.1, 0.15) is 6.04 Å². The summed E-state index contributed by atoms with van der Waals surface area (Å²) in [6.07, 6.45) is 4.41. The standard InChI is InChI=1S/C14H24N2O4S/c17-14(18)13-2-1-6-16(13)11-3-7-15(8-4-11)12-5-9-21(19,20)10-12/h11-13H,1-10H2,(H,17,18). The third kappa shape index (κ3) is 3.24. The maximum atomic E-state index is 11.6. The number of carbonyl (C=O) groups is 1. The van der Waals surface area contributed by atoms with Gasteiger partial charge in [0.2, 0.25) is 0 Å². The normalized spacial score (nSPS) is 35.2. The van der Waals surface area contributed by atoms with Crippen LogP contribution in [-0.2, 0) is 14.6 Å². The summed E-state index contributed by atoms with van der Waals surface area (Å²) in [6, 6.07) is 0.223. The van der Waals surface area contributed by atoms with E-state index in [1.807, 2.05) is 0 Å². The van der Waals surface area contributed by atoms with Gasteiger partial charge < -0.3 is 5.11 Å². The van der Waals surface area contributed by atoms with Crippen LogP contribution >= 0.6 is 0 Å². The lowest BCUT2D eigenvalue weighted by Crippen LogP contribution is -2.51. The molecule has 21 heavy (non-hydrogen) atoms. The fourth-order valence-corrected chi connectivity index (χ4v) is 5.90. The van der Waals surface area contributed by atoms with E-state index >= 15 is 0 Å². The SMILES string of the molecule is O=C(O)C1CCCN1C1CCN(C2CCS(=O)(=O)C2)CC1. The van der Waals surface area contributed by atoms with Gasteiger partial charge in [-0.2, -0.15) is 0 Å². The van der Waals surface area contributed by atoms with E-state index in [0.29, 0.717) is 17.5 Å². The predicted molar refractivity (Wildman–Crippen MR) is 79.0 cm³/mol. The Morgan fingerprint density at radius 3 is 2.29 bits per heavy atom. The minimum atomic E-state index is -2.82. The molecule has 0 bridgehead atoms. The molecule has 0 aliphatic carbocycles. The highest BCUT2D eigenvalue weighted by molar-refractivity contribution is 7.91. The van der Waals surface area contributed by atoms with Gasteiger partial charge in [-0.25, -0.2) is 8.42 Å². The van der Waals surface area contributed by atoms with Crippen molar-refractivity contribution in [3.63, 3.8) is 0 Å². The van der Waals surface area contributed by atoms with E-state index in [1.54, 1.807) is 0 Å². The summed E-state index contributed by atoms with van der Waals surface area (Å²) in [5, 5.41) is 9.28. The van der Waals surface area contributed by atoms with Crippen LogP contribution in [0.15, 0.2) is 0 Å². The van der Waals surface area contributed by atoms with Crippen molar-refractivity contribution in [3.05, 3.63) is 0 Å². The summed E-state index contributed by atoms with van der Waals surface area (Å²) in [7, 11) is -2.82. The monoisotopic (exact) mass is 316 g/mol. The summed E-state index contributed by atoms with van der Waals surface area (Å²) < 4.78 is 23.1. The number of carboxylic acids is 1. The first kappa shape index (κ1) is 15.2. The first-order valence-electron chi connectivity index (χ1n) is 7.89. The van der Waals surface area contributed by atoms with Gasteiger partial charge >= 0.3 is 5.97 Å². The number of likely N-dealkylation sites (tertiary alicyclic amines) is 2. The molecule has 3 aliphatic rings. The molecule has 0 saturated carbocycles. The van der Waals surface area contributed by atoms with E-state index in [0.717, 1.165) is 51.7 Å². The maximum Gasteiger partial charge on any atom is 0.320 e. The molecule has 0 aromatic heterocycles. The third-order valence-corrected chi connectivity index (χ3v) is 7.02. The molecular weight excluding hydrogens is 292 g/mol. The molecule has 3 fully saturated rings. The Morgan fingerprint density at radius 2 is 1.71 bits per heavy atom. The molecule has 6 nitrogen and oxygen atoms in total. The number of piperidine rings is 1. The summed E-state index contributed by atoms with van der Waals surface area (Å²) in [5.74, 6) is -0.0685. The van der Waals surface area contributed by atoms with E-state index in [4.69, 9.17) is 0 Å². The lowest BCUT2D eigenvalue weighted by molar-refractivity contribution is -0.143. The highest BCUT2D eigenvalue weighted by Crippen LogP contribution is 2.28. The number of nitrogens with zero attached hydrogens (tertiary/aromatic N) is 2. The molecule has 0 amide bonds. The Balaban J connectivity index is 1.55. The molecular formula is C14H24N2O4S. The fraction of sp³-hybridized carbons (Fsp3) is 0.929. The number of hydrogen-bond donors (Lipinski definition) is 1. The first-order valence-corrected chi connectivity index (χ1v) is 9.71. The molecule has 3 saturated heterocycles. The van der Waals surface area contributed by atoms with Gasteiger partial charge in [-0.3, -0.25) is 14.6 Å². The molecule has 0 aromatic rings. The van der Waals surface area contributed by atoms with Crippen molar-refractivity contribution < 1.29 is 18.3 Å². The van der Waals surface area contributed by atoms with Crippen molar-refractivity contribution in [2.45, 2.75) is 50.2 Å². The number of rotatable bonds is 3. The molecule has 0 spiro atoms. The molecule has 7 heteroatoms. The number of aliphatic carboxylic acids is 1. The Bertz CT molecular complexity index is 499. The molecule has 120 valence electrons. The van der Waals surface area contributed by atoms with Gasteiger partial charge in [0.25, 0.3) is 0 Å². The molecule has 3 heterocycles. The Hall–Kier alpha value is -0.660. The van der Waals surface area contributed by atoms with Crippen LogP contribution in [0.2, 0.25) is 0 Å². The van der Waals surface area contributed by atoms with Crippen LogP contribution in [0, 0.1) is 0 Å². The zero-order valence-corrected chi connectivity index (χ0v) is 13.1. The second kappa shape index (κ2) is 5.85. The second-order valence-corrected chi connectivity index (χ2v) is 8.79. The van der Waals surface area contributed by atoms with Gasteiger partial charge in [-0.15, -0.1) is 0 Å². The Labute approximate surface area is 126 Å². The lowest BCUT2D eigenvalue weighted by Gasteiger charge is -2.40. The van der Waals surface area contributed by atoms with E-state index in [2.05, 4.69) is 9.80 Å². The minimum Gasteiger partial charge on any atom is -0.480 e. The highest BCUT2D eigenvalue weighted by atomic mass is 32.2. The zero-order valence-electron chi connectivity index (χ0n) is 12.3. The van der Waals surface area contributed by atoms with Crippen molar-refractivity contribution >= 4 is 15.8 Å². The van der Waals surface area contributed by atoms with Crippen LogP contribution < -0.4 is 0 Å². The van der Waals surface area contributed by atoms with E-state index < -0.39 is 15.8 Å². The number of sulfone groups is 1. The minimum absolute atomic E-state index is 0.185. The maximum absolute atomic E-state index is 11.6. The number of carboxylic acid groups (broad SMARTS) is 1. The predicted octanol–water partition coefficient (Wildman–Crippen LogP) is 0.187. The molecule has 3 aliphatic heterocycles. The second-order valence-electron chi connectivity index (χ2n) is 6.56. The highest BCUT2D eigenvalue weighted by Gasteiger charge is 2.39. The molecule has 1 N–H and O–H groups in total. The molecule has 2 unspecified atom stereocenters. The van der Waals surface area contributed by atoms with Crippen LogP contribution in [0.4, 0.5) is 0 Å². The smallest absolute Gasteiger partial charge is 0.320 e. The van der Waals surface area contributed by atoms with Crippen molar-refractivity contribution in [1.82, 2.24) is 9.80 Å². The zero-order chi connectivity index (χ0) is 15.0. The summed E-state index contributed by atoms with van der Waals surface area (Å²) in [4.78, 5) is 15.7. The van der Waals surface area contributed by atoms with Crippen LogP contribution in [0.5, 0.6) is 0 Å². The van der Waals surface area contributed by atoms with Crippen LogP contribution in [-0.4, -0.2) is 78.6 Å². The van der Waals surface area contributed by atoms with Gasteiger partial charge in [0.05, 0.1) is 11.5 Å². The summed E-state index contributed by atoms with van der Waals surface area (Å²) in [5.41, 5.74) is 0. The van der Waals surface area contributed by atoms with Crippen molar-refractivity contribution in [3.8, 4) is 0 Å². The molecule has 2 atom stereocenters. The van der Waals surface area contributed by atoms with Crippen molar-refractivity contribution in [2.75, 3.05) is 31.1 Å². The van der Waals surface area contributed by atoms with Gasteiger partial charge in [0, 0.05) is 12.1 Å². The number of hydrogen-bond acceptors (Lipinski definition) is 5. The third-order valence-electron chi connectivity index (χ3n) is 5.27. The Morgan fingerprint density at radius 1 is 1.00 bits per heavy atom. The van der Waals surface area contributed by atoms with Gasteiger partial charge in [-0.05, 0) is 51.7 Å². The van der Waals surface area contributed by atoms with Crippen LogP contribution in [0.1, 0.15) is 32.1 Å². The average molecular weight is 316 g/mol. The van der Waals surface area contributed by atoms with E-state index in [9.17, 15) is 18.3 Å². The lowest BCUT2D eigenvalue weighted by atomic mass is 10.0. The molecule has 0 aromatic carbocycles. The van der Waals surface area contributed by atoms with E-state index in [1.165, 1.54) is 0 Å². The van der Waals surface area contributed by atoms with Crippen molar-refractivity contribution in [2.24, 2.45) is 0 Å². The molecule has 0 radical (unpaired) electrons. The van der Waals surface area contributed by atoms with Gasteiger partial charge in [0.15, 0.2) is 9.84 Å². The average Bonchev–Trinajstić information content (AvgIpc) is 3.05. The van der Waals surface area contributed by atoms with E-state index in [-0.39, 0.29) is 12.1 Å². The van der Waals surface area contributed by atoms with Gasteiger partial charge in [-0.1, -0.05) is 0 Å². The fourth-order valence-electron chi connectivity index (χ4n) is 4.14. The van der Waals surface area contributed by atoms with Crippen molar-refractivity contribution in [1.29, 1.82) is 0 Å². The summed E-state index contributed by atoms with van der Waals surface area (Å²) in [6.45, 7) is 2.68. The van der Waals surface area contributed by atoms with Crippen LogP contribution in [0.25, 0.3) is 0 Å². The topological polar surface area (TPSA) is 77.9 Å². The first-order chi connectivity index (χ1) is 9.96. The summed E-state index contributed by atoms with van der Waals surface area (Å²) >= 11 is 0. The Kier molecular flexibility index (Phi) is 4.25. The van der Waals surface area contributed by atoms with Crippen LogP contribution in [0.3, 0.4) is 0 Å².